The van der Waals surface area contributed by atoms with Crippen LogP contribution >= 0.6 is 11.3 Å². The zero-order valence-corrected chi connectivity index (χ0v) is 20.1. The highest BCUT2D eigenvalue weighted by Crippen LogP contribution is 2.30. The summed E-state index contributed by atoms with van der Waals surface area (Å²) >= 11 is 1.18. The number of nitrogens with zero attached hydrogens (tertiary/aromatic N) is 1. The number of sulfonamides is 1. The fourth-order valence-corrected chi connectivity index (χ4v) is 7.27. The lowest BCUT2D eigenvalue weighted by atomic mass is 10.0. The van der Waals surface area contributed by atoms with Gasteiger partial charge in [0.15, 0.2) is 9.84 Å². The van der Waals surface area contributed by atoms with Crippen molar-refractivity contribution >= 4 is 31.2 Å². The number of sulfone groups is 1. The average Bonchev–Trinajstić information content (AvgIpc) is 3.25. The fraction of sp³-hybridized carbons (Fsp3) is 0.318. The van der Waals surface area contributed by atoms with E-state index in [1.54, 1.807) is 54.7 Å². The molecule has 3 rings (SSSR count). The third-order valence-electron chi connectivity index (χ3n) is 5.02. The van der Waals surface area contributed by atoms with E-state index in [9.17, 15) is 16.8 Å². The SMILES string of the molecule is CCc1ccc(S(=O)(=O)NCC(c2cccnc2)S(=O)(=O)c2ccc(C(C)C)cc2)s1. The number of hydrogen-bond acceptors (Lipinski definition) is 6. The lowest BCUT2D eigenvalue weighted by Gasteiger charge is -2.19. The van der Waals surface area contributed by atoms with Gasteiger partial charge < -0.3 is 0 Å². The largest absolute Gasteiger partial charge is 0.264 e. The first-order valence-corrected chi connectivity index (χ1v) is 13.8. The van der Waals surface area contributed by atoms with Crippen LogP contribution in [0.5, 0.6) is 0 Å². The molecule has 31 heavy (non-hydrogen) atoms. The van der Waals surface area contributed by atoms with E-state index in [4.69, 9.17) is 0 Å². The second-order valence-electron chi connectivity index (χ2n) is 7.47. The van der Waals surface area contributed by atoms with E-state index in [-0.39, 0.29) is 21.6 Å². The quantitative estimate of drug-likeness (QED) is 0.494. The van der Waals surface area contributed by atoms with E-state index in [0.717, 1.165) is 16.9 Å². The Morgan fingerprint density at radius 2 is 1.68 bits per heavy atom. The first-order chi connectivity index (χ1) is 14.6. The van der Waals surface area contributed by atoms with Crippen LogP contribution in [0.4, 0.5) is 0 Å². The van der Waals surface area contributed by atoms with E-state index in [0.29, 0.717) is 5.56 Å². The average molecular weight is 479 g/mol. The number of hydrogen-bond donors (Lipinski definition) is 1. The summed E-state index contributed by atoms with van der Waals surface area (Å²) in [5.41, 5.74) is 1.46. The van der Waals surface area contributed by atoms with E-state index >= 15 is 0 Å². The minimum absolute atomic E-state index is 0.148. The van der Waals surface area contributed by atoms with Gasteiger partial charge in [0.1, 0.15) is 9.46 Å². The van der Waals surface area contributed by atoms with Gasteiger partial charge in [-0.3, -0.25) is 4.98 Å². The van der Waals surface area contributed by atoms with Crippen molar-refractivity contribution in [2.75, 3.05) is 6.54 Å². The number of rotatable bonds is 9. The molecule has 6 nitrogen and oxygen atoms in total. The molecule has 3 aromatic rings. The number of aromatic nitrogens is 1. The third-order valence-corrected chi connectivity index (χ3v) is 10.3. The molecule has 0 aliphatic rings. The molecule has 0 bridgehead atoms. The lowest BCUT2D eigenvalue weighted by Crippen LogP contribution is -2.31. The van der Waals surface area contributed by atoms with Crippen LogP contribution in [0.2, 0.25) is 0 Å². The summed E-state index contributed by atoms with van der Waals surface area (Å²) < 4.78 is 55.1. The molecule has 0 aliphatic heterocycles. The molecule has 0 amide bonds. The maximum absolute atomic E-state index is 13.5. The molecule has 0 saturated heterocycles. The zero-order valence-electron chi connectivity index (χ0n) is 17.6. The van der Waals surface area contributed by atoms with Crippen LogP contribution in [-0.4, -0.2) is 28.4 Å². The molecule has 9 heteroatoms. The van der Waals surface area contributed by atoms with Crippen LogP contribution < -0.4 is 4.72 Å². The molecular weight excluding hydrogens is 452 g/mol. The highest BCUT2D eigenvalue weighted by molar-refractivity contribution is 7.92. The van der Waals surface area contributed by atoms with Gasteiger partial charge in [0.2, 0.25) is 10.0 Å². The molecule has 0 radical (unpaired) electrons. The molecule has 166 valence electrons. The smallest absolute Gasteiger partial charge is 0.250 e. The second-order valence-corrected chi connectivity index (χ2v) is 12.8. The maximum atomic E-state index is 13.5. The van der Waals surface area contributed by atoms with E-state index in [2.05, 4.69) is 9.71 Å². The van der Waals surface area contributed by atoms with Gasteiger partial charge in [-0.15, -0.1) is 11.3 Å². The molecule has 1 aromatic carbocycles. The predicted molar refractivity (Wildman–Crippen MR) is 124 cm³/mol. The molecule has 2 heterocycles. The summed E-state index contributed by atoms with van der Waals surface area (Å²) in [5.74, 6) is 0.275. The van der Waals surface area contributed by atoms with Crippen LogP contribution in [0.15, 0.2) is 70.0 Å². The van der Waals surface area contributed by atoms with Crippen molar-refractivity contribution in [2.24, 2.45) is 0 Å². The summed E-state index contributed by atoms with van der Waals surface area (Å²) in [6.45, 7) is 5.73. The molecule has 0 spiro atoms. The normalized spacial score (nSPS) is 13.4. The van der Waals surface area contributed by atoms with Crippen LogP contribution in [0.3, 0.4) is 0 Å². The molecule has 0 fully saturated rings. The van der Waals surface area contributed by atoms with Gasteiger partial charge in [0, 0.05) is 23.8 Å². The standard InChI is InChI=1S/C22H26N2O4S3/c1-4-19-9-12-22(29-19)31(27,28)24-15-21(18-6-5-13-23-14-18)30(25,26)20-10-7-17(8-11-20)16(2)3/h5-14,16,21,24H,4,15H2,1-3H3. The number of thiophene rings is 1. The summed E-state index contributed by atoms with van der Waals surface area (Å²) in [7, 11) is -7.69. The zero-order chi connectivity index (χ0) is 22.6. The van der Waals surface area contributed by atoms with Gasteiger partial charge in [-0.2, -0.15) is 0 Å². The summed E-state index contributed by atoms with van der Waals surface area (Å²) in [6, 6.07) is 13.3. The molecule has 1 N–H and O–H groups in total. The van der Waals surface area contributed by atoms with Crippen molar-refractivity contribution in [3.05, 3.63) is 76.9 Å². The molecule has 1 unspecified atom stereocenters. The molecule has 0 aliphatic carbocycles. The number of benzene rings is 1. The maximum Gasteiger partial charge on any atom is 0.250 e. The summed E-state index contributed by atoms with van der Waals surface area (Å²) in [5, 5.41) is -1.11. The Hall–Kier alpha value is -2.07. The Bertz CT molecular complexity index is 1220. The fourth-order valence-electron chi connectivity index (χ4n) is 3.13. The van der Waals surface area contributed by atoms with E-state index < -0.39 is 25.1 Å². The van der Waals surface area contributed by atoms with Crippen LogP contribution in [0.25, 0.3) is 0 Å². The Kier molecular flexibility index (Phi) is 7.31. The monoisotopic (exact) mass is 478 g/mol. The predicted octanol–water partition coefficient (Wildman–Crippen LogP) is 4.32. The van der Waals surface area contributed by atoms with Gasteiger partial charge >= 0.3 is 0 Å². The van der Waals surface area contributed by atoms with Crippen LogP contribution in [0.1, 0.15) is 47.9 Å². The number of aryl methyl sites for hydroxylation is 1. The second kappa shape index (κ2) is 9.60. The Balaban J connectivity index is 1.93. The van der Waals surface area contributed by atoms with Crippen molar-refractivity contribution in [1.29, 1.82) is 0 Å². The molecule has 1 atom stereocenters. The third kappa shape index (κ3) is 5.41. The lowest BCUT2D eigenvalue weighted by molar-refractivity contribution is 0.569. The minimum atomic E-state index is -3.86. The highest BCUT2D eigenvalue weighted by atomic mass is 32.2. The Morgan fingerprint density at radius 1 is 0.968 bits per heavy atom. The van der Waals surface area contributed by atoms with Crippen molar-refractivity contribution in [2.45, 2.75) is 47.5 Å². The van der Waals surface area contributed by atoms with Crippen molar-refractivity contribution < 1.29 is 16.8 Å². The van der Waals surface area contributed by atoms with E-state index in [1.165, 1.54) is 17.5 Å². The van der Waals surface area contributed by atoms with Crippen molar-refractivity contribution in [3.63, 3.8) is 0 Å². The van der Waals surface area contributed by atoms with Crippen LogP contribution in [-0.2, 0) is 26.3 Å². The van der Waals surface area contributed by atoms with E-state index in [1.807, 2.05) is 20.8 Å². The topological polar surface area (TPSA) is 93.2 Å². The van der Waals surface area contributed by atoms with Crippen molar-refractivity contribution in [3.8, 4) is 0 Å². The number of pyridine rings is 1. The number of nitrogens with one attached hydrogen (secondary N) is 1. The first kappa shape index (κ1) is 23.6. The highest BCUT2D eigenvalue weighted by Gasteiger charge is 2.31. The first-order valence-electron chi connectivity index (χ1n) is 9.97. The Morgan fingerprint density at radius 3 is 2.23 bits per heavy atom. The molecule has 0 saturated carbocycles. The minimum Gasteiger partial charge on any atom is -0.264 e. The molecular formula is C22H26N2O4S3. The van der Waals surface area contributed by atoms with Gasteiger partial charge in [-0.1, -0.05) is 39.0 Å². The Labute approximate surface area is 188 Å². The van der Waals surface area contributed by atoms with Gasteiger partial charge in [-0.05, 0) is 53.8 Å². The summed E-state index contributed by atoms with van der Waals surface area (Å²) in [4.78, 5) is 5.12. The van der Waals surface area contributed by atoms with Gasteiger partial charge in [0.25, 0.3) is 0 Å². The van der Waals surface area contributed by atoms with Gasteiger partial charge in [0.05, 0.1) is 4.90 Å². The van der Waals surface area contributed by atoms with Crippen LogP contribution in [0, 0.1) is 0 Å². The summed E-state index contributed by atoms with van der Waals surface area (Å²) in [6.07, 6.45) is 3.74. The molecule has 2 aromatic heterocycles. The van der Waals surface area contributed by atoms with Gasteiger partial charge in [-0.25, -0.2) is 21.6 Å². The van der Waals surface area contributed by atoms with Crippen molar-refractivity contribution in [1.82, 2.24) is 9.71 Å².